The normalized spacial score (nSPS) is 16.4. The Kier molecular flexibility index (Phi) is 5.76. The van der Waals surface area contributed by atoms with Crippen LogP contribution in [0.1, 0.15) is 5.56 Å². The maximum Gasteiger partial charge on any atom is 0.146 e. The Labute approximate surface area is 120 Å². The molecule has 1 heterocycles. The number of piperazine rings is 1. The van der Waals surface area contributed by atoms with Crippen molar-refractivity contribution in [3.05, 3.63) is 29.6 Å². The van der Waals surface area contributed by atoms with Gasteiger partial charge in [-0.3, -0.25) is 4.90 Å². The Hall–Kier alpha value is -1.17. The summed E-state index contributed by atoms with van der Waals surface area (Å²) in [5.41, 5.74) is 1.87. The summed E-state index contributed by atoms with van der Waals surface area (Å²) in [5.74, 6) is -0.146. The number of benzene rings is 1. The average Bonchev–Trinajstić information content (AvgIpc) is 2.48. The van der Waals surface area contributed by atoms with Gasteiger partial charge in [0.2, 0.25) is 0 Å². The van der Waals surface area contributed by atoms with E-state index in [4.69, 9.17) is 0 Å². The van der Waals surface area contributed by atoms with E-state index in [9.17, 15) is 4.39 Å². The van der Waals surface area contributed by atoms with Crippen LogP contribution in [0.5, 0.6) is 0 Å². The highest BCUT2D eigenvalue weighted by Crippen LogP contribution is 2.20. The predicted molar refractivity (Wildman–Crippen MR) is 81.7 cm³/mol. The largest absolute Gasteiger partial charge is 0.371 e. The van der Waals surface area contributed by atoms with Gasteiger partial charge in [-0.05, 0) is 24.7 Å². The number of nitrogens with zero attached hydrogens (tertiary/aromatic N) is 2. The summed E-state index contributed by atoms with van der Waals surface area (Å²) in [4.78, 5) is 4.37. The quantitative estimate of drug-likeness (QED) is 0.810. The summed E-state index contributed by atoms with van der Waals surface area (Å²) < 4.78 is 13.9. The zero-order valence-electron chi connectivity index (χ0n) is 12.5. The first kappa shape index (κ1) is 15.2. The smallest absolute Gasteiger partial charge is 0.146 e. The second-order valence-electron chi connectivity index (χ2n) is 5.34. The monoisotopic (exact) mass is 280 g/mol. The summed E-state index contributed by atoms with van der Waals surface area (Å²) in [6.07, 6.45) is 0. The van der Waals surface area contributed by atoms with E-state index in [2.05, 4.69) is 15.5 Å². The van der Waals surface area contributed by atoms with Crippen LogP contribution < -0.4 is 15.5 Å². The van der Waals surface area contributed by atoms with Gasteiger partial charge in [0.05, 0.1) is 5.69 Å². The van der Waals surface area contributed by atoms with Gasteiger partial charge in [0, 0.05) is 52.9 Å². The molecule has 2 rings (SSSR count). The minimum Gasteiger partial charge on any atom is -0.371 e. The van der Waals surface area contributed by atoms with E-state index in [-0.39, 0.29) is 5.82 Å². The fraction of sp³-hybridized carbons (Fsp3) is 0.600. The molecule has 0 atom stereocenters. The molecule has 0 amide bonds. The van der Waals surface area contributed by atoms with Crippen molar-refractivity contribution in [1.29, 1.82) is 0 Å². The number of rotatable bonds is 6. The van der Waals surface area contributed by atoms with Crippen molar-refractivity contribution in [2.24, 2.45) is 0 Å². The van der Waals surface area contributed by atoms with E-state index < -0.39 is 0 Å². The summed E-state index contributed by atoms with van der Waals surface area (Å²) in [7, 11) is 3.84. The number of nitrogens with one attached hydrogen (secondary N) is 2. The van der Waals surface area contributed by atoms with Gasteiger partial charge in [-0.2, -0.15) is 0 Å². The zero-order chi connectivity index (χ0) is 14.4. The molecule has 1 fully saturated rings. The van der Waals surface area contributed by atoms with E-state index in [0.29, 0.717) is 5.69 Å². The molecule has 2 N–H and O–H groups in total. The molecule has 1 saturated heterocycles. The first-order chi connectivity index (χ1) is 9.70. The van der Waals surface area contributed by atoms with Crippen molar-refractivity contribution in [2.45, 2.75) is 6.54 Å². The lowest BCUT2D eigenvalue weighted by Gasteiger charge is -2.28. The molecule has 1 aliphatic rings. The third kappa shape index (κ3) is 4.16. The van der Waals surface area contributed by atoms with Crippen LogP contribution in [0.15, 0.2) is 18.2 Å². The van der Waals surface area contributed by atoms with Gasteiger partial charge in [-0.1, -0.05) is 6.07 Å². The van der Waals surface area contributed by atoms with Crippen molar-refractivity contribution < 1.29 is 4.39 Å². The first-order valence-corrected chi connectivity index (χ1v) is 7.28. The second kappa shape index (κ2) is 7.57. The Bertz CT molecular complexity index is 418. The standard InChI is InChI=1S/C15H25FN4/c1-17-5-8-19(2)15-11-13(3-4-14(15)16)12-20-9-6-18-7-10-20/h3-4,11,17-18H,5-10,12H2,1-2H3. The van der Waals surface area contributed by atoms with Crippen LogP contribution in [0.4, 0.5) is 10.1 Å². The molecule has 0 unspecified atom stereocenters. The number of halogens is 1. The van der Waals surface area contributed by atoms with Gasteiger partial charge in [-0.15, -0.1) is 0 Å². The Balaban J connectivity index is 2.03. The molecule has 4 nitrogen and oxygen atoms in total. The lowest BCUT2D eigenvalue weighted by atomic mass is 10.1. The molecule has 5 heteroatoms. The van der Waals surface area contributed by atoms with E-state index in [1.807, 2.05) is 31.1 Å². The number of likely N-dealkylation sites (N-methyl/N-ethyl adjacent to an activating group) is 2. The summed E-state index contributed by atoms with van der Waals surface area (Å²) >= 11 is 0. The van der Waals surface area contributed by atoms with Crippen LogP contribution in [-0.4, -0.2) is 58.3 Å². The van der Waals surface area contributed by atoms with Crippen LogP contribution in [0, 0.1) is 5.82 Å². The molecule has 0 aliphatic carbocycles. The van der Waals surface area contributed by atoms with Crippen LogP contribution in [0.25, 0.3) is 0 Å². The molecule has 0 spiro atoms. The molecule has 1 aliphatic heterocycles. The van der Waals surface area contributed by atoms with Crippen LogP contribution >= 0.6 is 0 Å². The number of hydrogen-bond donors (Lipinski definition) is 2. The number of anilines is 1. The highest BCUT2D eigenvalue weighted by molar-refractivity contribution is 5.49. The molecular weight excluding hydrogens is 255 g/mol. The van der Waals surface area contributed by atoms with E-state index in [0.717, 1.165) is 45.8 Å². The minimum absolute atomic E-state index is 0.146. The molecule has 0 aromatic heterocycles. The fourth-order valence-corrected chi connectivity index (χ4v) is 2.48. The van der Waals surface area contributed by atoms with Crippen LogP contribution in [0.2, 0.25) is 0 Å². The van der Waals surface area contributed by atoms with Gasteiger partial charge in [0.25, 0.3) is 0 Å². The molecule has 1 aromatic carbocycles. The second-order valence-corrected chi connectivity index (χ2v) is 5.34. The van der Waals surface area contributed by atoms with E-state index in [1.54, 1.807) is 6.07 Å². The lowest BCUT2D eigenvalue weighted by molar-refractivity contribution is 0.233. The predicted octanol–water partition coefficient (Wildman–Crippen LogP) is 0.886. The van der Waals surface area contributed by atoms with E-state index in [1.165, 1.54) is 5.56 Å². The highest BCUT2D eigenvalue weighted by atomic mass is 19.1. The molecule has 0 radical (unpaired) electrons. The Morgan fingerprint density at radius 3 is 2.80 bits per heavy atom. The maximum atomic E-state index is 13.9. The first-order valence-electron chi connectivity index (χ1n) is 7.28. The summed E-state index contributed by atoms with van der Waals surface area (Å²) in [6.45, 7) is 6.73. The molecule has 20 heavy (non-hydrogen) atoms. The van der Waals surface area contributed by atoms with E-state index >= 15 is 0 Å². The van der Waals surface area contributed by atoms with Crippen molar-refractivity contribution in [3.8, 4) is 0 Å². The summed E-state index contributed by atoms with van der Waals surface area (Å²) in [6, 6.07) is 5.46. The van der Waals surface area contributed by atoms with Gasteiger partial charge < -0.3 is 15.5 Å². The topological polar surface area (TPSA) is 30.5 Å². The Morgan fingerprint density at radius 2 is 2.10 bits per heavy atom. The molecule has 0 saturated carbocycles. The fourth-order valence-electron chi connectivity index (χ4n) is 2.48. The average molecular weight is 280 g/mol. The van der Waals surface area contributed by atoms with Crippen molar-refractivity contribution >= 4 is 5.69 Å². The van der Waals surface area contributed by atoms with Crippen molar-refractivity contribution in [3.63, 3.8) is 0 Å². The third-order valence-electron chi connectivity index (χ3n) is 3.73. The molecule has 1 aromatic rings. The third-order valence-corrected chi connectivity index (χ3v) is 3.73. The molecule has 112 valence electrons. The minimum atomic E-state index is -0.146. The van der Waals surface area contributed by atoms with Gasteiger partial charge in [0.15, 0.2) is 0 Å². The SMILES string of the molecule is CNCCN(C)c1cc(CN2CCNCC2)ccc1F. The highest BCUT2D eigenvalue weighted by Gasteiger charge is 2.12. The van der Waals surface area contributed by atoms with Crippen molar-refractivity contribution in [2.75, 3.05) is 58.3 Å². The molecular formula is C15H25FN4. The van der Waals surface area contributed by atoms with Crippen LogP contribution in [0.3, 0.4) is 0 Å². The van der Waals surface area contributed by atoms with Gasteiger partial charge in [-0.25, -0.2) is 4.39 Å². The summed E-state index contributed by atoms with van der Waals surface area (Å²) in [5, 5.41) is 6.43. The van der Waals surface area contributed by atoms with Gasteiger partial charge >= 0.3 is 0 Å². The lowest BCUT2D eigenvalue weighted by Crippen LogP contribution is -2.42. The molecule has 0 bridgehead atoms. The van der Waals surface area contributed by atoms with Crippen LogP contribution in [-0.2, 0) is 6.54 Å². The number of hydrogen-bond acceptors (Lipinski definition) is 4. The van der Waals surface area contributed by atoms with Gasteiger partial charge in [0.1, 0.15) is 5.82 Å². The van der Waals surface area contributed by atoms with Crippen molar-refractivity contribution in [1.82, 2.24) is 15.5 Å². The Morgan fingerprint density at radius 1 is 1.35 bits per heavy atom. The zero-order valence-corrected chi connectivity index (χ0v) is 12.5. The maximum absolute atomic E-state index is 13.9.